The van der Waals surface area contributed by atoms with Crippen LogP contribution in [-0.4, -0.2) is 75.3 Å². The van der Waals surface area contributed by atoms with Gasteiger partial charge in [-0.05, 0) is 12.0 Å². The number of amides is 1. The van der Waals surface area contributed by atoms with Crippen molar-refractivity contribution in [2.45, 2.75) is 50.3 Å². The quantitative estimate of drug-likeness (QED) is 0.162. The molecule has 0 aromatic heterocycles. The minimum atomic E-state index is -1.43. The number of aliphatic hydroxyl groups is 3. The fourth-order valence-corrected chi connectivity index (χ4v) is 4.04. The third-order valence-electron chi connectivity index (χ3n) is 5.37. The highest BCUT2D eigenvalue weighted by atomic mass is 16.5. The number of rotatable bonds is 10. The van der Waals surface area contributed by atoms with Gasteiger partial charge in [0.2, 0.25) is 5.91 Å². The van der Waals surface area contributed by atoms with Crippen molar-refractivity contribution in [3.8, 4) is 0 Å². The normalized spacial score (nSPS) is 25.9. The van der Waals surface area contributed by atoms with Crippen LogP contribution in [0.2, 0.25) is 0 Å². The zero-order valence-electron chi connectivity index (χ0n) is 17.2. The van der Waals surface area contributed by atoms with Gasteiger partial charge in [-0.15, -0.1) is 0 Å². The number of benzene rings is 1. The lowest BCUT2D eigenvalue weighted by atomic mass is 9.85. The molecule has 1 amide bonds. The van der Waals surface area contributed by atoms with Gasteiger partial charge in [0.15, 0.2) is 5.96 Å². The van der Waals surface area contributed by atoms with E-state index in [-0.39, 0.29) is 19.0 Å². The number of ether oxygens (including phenoxy) is 1. The van der Waals surface area contributed by atoms with Gasteiger partial charge in [-0.3, -0.25) is 9.59 Å². The lowest BCUT2D eigenvalue weighted by Crippen LogP contribution is -2.58. The Bertz CT molecular complexity index is 772. The summed E-state index contributed by atoms with van der Waals surface area (Å²) >= 11 is 0. The minimum absolute atomic E-state index is 0.0385. The van der Waals surface area contributed by atoms with Crippen LogP contribution in [0.1, 0.15) is 18.9 Å². The van der Waals surface area contributed by atoms with Crippen LogP contribution < -0.4 is 16.8 Å². The molecule has 0 bridgehead atoms. The largest absolute Gasteiger partial charge is 0.481 e. The monoisotopic (exact) mass is 438 g/mol. The average molecular weight is 438 g/mol. The summed E-state index contributed by atoms with van der Waals surface area (Å²) in [4.78, 5) is 27.6. The molecule has 9 N–H and O–H groups in total. The van der Waals surface area contributed by atoms with Crippen molar-refractivity contribution in [1.82, 2.24) is 5.32 Å². The second kappa shape index (κ2) is 11.0. The zero-order valence-corrected chi connectivity index (χ0v) is 17.2. The van der Waals surface area contributed by atoms with Crippen LogP contribution in [0.4, 0.5) is 0 Å². The molecule has 1 aliphatic carbocycles. The molecule has 1 aliphatic rings. The first kappa shape index (κ1) is 24.5. The summed E-state index contributed by atoms with van der Waals surface area (Å²) in [5, 5.41) is 42.9. The van der Waals surface area contributed by atoms with Gasteiger partial charge in [-0.25, -0.2) is 4.99 Å². The number of nitrogens with two attached hydrogens (primary N) is 2. The smallest absolute Gasteiger partial charge is 0.309 e. The van der Waals surface area contributed by atoms with Gasteiger partial charge in [0.25, 0.3) is 0 Å². The van der Waals surface area contributed by atoms with E-state index in [0.717, 1.165) is 5.56 Å². The van der Waals surface area contributed by atoms with E-state index < -0.39 is 60.7 Å². The third-order valence-corrected chi connectivity index (χ3v) is 5.37. The zero-order chi connectivity index (χ0) is 23.1. The predicted octanol–water partition coefficient (Wildman–Crippen LogP) is -1.85. The summed E-state index contributed by atoms with van der Waals surface area (Å²) < 4.78 is 5.86. The van der Waals surface area contributed by atoms with Crippen molar-refractivity contribution in [3.05, 3.63) is 35.9 Å². The second-order valence-corrected chi connectivity index (χ2v) is 7.61. The first-order valence-corrected chi connectivity index (χ1v) is 9.86. The molecule has 0 spiro atoms. The molecule has 11 nitrogen and oxygen atoms in total. The van der Waals surface area contributed by atoms with Crippen LogP contribution in [0.25, 0.3) is 0 Å². The number of hydrogen-bond donors (Lipinski definition) is 7. The predicted molar refractivity (Wildman–Crippen MR) is 111 cm³/mol. The SMILES string of the molecule is CC(=O)N[C@H]([C@@H](OCc1ccccc1)[C@@H](O)CO)[C@H]1[C@H](O)[C@@H](C(=O)O)C[C@H]1N=C(N)N. The Labute approximate surface area is 179 Å². The minimum Gasteiger partial charge on any atom is -0.481 e. The maximum atomic E-state index is 12.0. The molecule has 1 saturated carbocycles. The maximum Gasteiger partial charge on any atom is 0.309 e. The Morgan fingerprint density at radius 3 is 2.45 bits per heavy atom. The van der Waals surface area contributed by atoms with Gasteiger partial charge in [0, 0.05) is 12.8 Å². The van der Waals surface area contributed by atoms with E-state index in [1.54, 1.807) is 24.3 Å². The molecule has 11 heteroatoms. The third kappa shape index (κ3) is 6.37. The van der Waals surface area contributed by atoms with E-state index in [9.17, 15) is 30.0 Å². The highest BCUT2D eigenvalue weighted by Gasteiger charge is 2.52. The van der Waals surface area contributed by atoms with Crippen molar-refractivity contribution in [2.75, 3.05) is 6.61 Å². The molecule has 0 radical (unpaired) electrons. The van der Waals surface area contributed by atoms with E-state index in [2.05, 4.69) is 10.3 Å². The number of carboxylic acid groups (broad SMARTS) is 1. The summed E-state index contributed by atoms with van der Waals surface area (Å²) in [6.45, 7) is 0.586. The van der Waals surface area contributed by atoms with Crippen LogP contribution >= 0.6 is 0 Å². The molecule has 2 rings (SSSR count). The van der Waals surface area contributed by atoms with Gasteiger partial charge in [0.1, 0.15) is 12.2 Å². The number of nitrogens with one attached hydrogen (secondary N) is 1. The fraction of sp³-hybridized carbons (Fsp3) is 0.550. The summed E-state index contributed by atoms with van der Waals surface area (Å²) in [6, 6.07) is 7.07. The first-order chi connectivity index (χ1) is 14.6. The lowest BCUT2D eigenvalue weighted by Gasteiger charge is -2.37. The average Bonchev–Trinajstić information content (AvgIpc) is 3.02. The molecular weight excluding hydrogens is 408 g/mol. The standard InChI is InChI=1S/C20H30N4O7/c1-10(26)23-16(15-13(24-20(21)22)7-12(17(15)28)19(29)30)18(14(27)8-25)31-9-11-5-3-2-4-6-11/h2-6,12-18,25,27-28H,7-9H2,1H3,(H,23,26)(H,29,30)(H4,21,22,24)/t12-,13+,14-,15-,16-,17+,18-/m0/s1. The van der Waals surface area contributed by atoms with E-state index in [1.807, 2.05) is 6.07 Å². The summed E-state index contributed by atoms with van der Waals surface area (Å²) in [6.07, 6.45) is -4.12. The van der Waals surface area contributed by atoms with Crippen molar-refractivity contribution in [1.29, 1.82) is 0 Å². The second-order valence-electron chi connectivity index (χ2n) is 7.61. The van der Waals surface area contributed by atoms with Crippen molar-refractivity contribution >= 4 is 17.8 Å². The molecule has 1 aromatic carbocycles. The van der Waals surface area contributed by atoms with Gasteiger partial charge in [-0.1, -0.05) is 30.3 Å². The van der Waals surface area contributed by atoms with Gasteiger partial charge in [0.05, 0.1) is 37.3 Å². The number of nitrogens with zero attached hydrogens (tertiary/aromatic N) is 1. The van der Waals surface area contributed by atoms with Crippen molar-refractivity contribution in [2.24, 2.45) is 28.3 Å². The van der Waals surface area contributed by atoms with Gasteiger partial charge >= 0.3 is 5.97 Å². The summed E-state index contributed by atoms with van der Waals surface area (Å²) in [5.74, 6) is -4.22. The summed E-state index contributed by atoms with van der Waals surface area (Å²) in [7, 11) is 0. The molecule has 172 valence electrons. The molecule has 0 aliphatic heterocycles. The van der Waals surface area contributed by atoms with Gasteiger partial charge in [-0.2, -0.15) is 0 Å². The van der Waals surface area contributed by atoms with E-state index in [0.29, 0.717) is 0 Å². The van der Waals surface area contributed by atoms with Crippen LogP contribution in [0.3, 0.4) is 0 Å². The molecule has 1 fully saturated rings. The Morgan fingerprint density at radius 1 is 1.29 bits per heavy atom. The van der Waals surface area contributed by atoms with E-state index in [4.69, 9.17) is 16.2 Å². The van der Waals surface area contributed by atoms with Crippen molar-refractivity contribution in [3.63, 3.8) is 0 Å². The maximum absolute atomic E-state index is 12.0. The Hall–Kier alpha value is -2.73. The summed E-state index contributed by atoms with van der Waals surface area (Å²) in [5.41, 5.74) is 11.8. The number of aliphatic hydroxyl groups excluding tert-OH is 3. The van der Waals surface area contributed by atoms with E-state index in [1.165, 1.54) is 6.92 Å². The van der Waals surface area contributed by atoms with E-state index >= 15 is 0 Å². The van der Waals surface area contributed by atoms with Crippen LogP contribution in [-0.2, 0) is 20.9 Å². The Balaban J connectivity index is 2.42. The highest BCUT2D eigenvalue weighted by molar-refractivity contribution is 5.77. The fourth-order valence-electron chi connectivity index (χ4n) is 4.04. The Kier molecular flexibility index (Phi) is 8.75. The molecule has 1 aromatic rings. The number of carbonyl (C=O) groups is 2. The molecule has 0 unspecified atom stereocenters. The van der Waals surface area contributed by atoms with Crippen LogP contribution in [0.15, 0.2) is 35.3 Å². The molecule has 0 heterocycles. The first-order valence-electron chi connectivity index (χ1n) is 9.86. The number of aliphatic imine (C=N–C) groups is 1. The lowest BCUT2D eigenvalue weighted by molar-refractivity contribution is -0.146. The number of hydrogen-bond acceptors (Lipinski definition) is 7. The van der Waals surface area contributed by atoms with Gasteiger partial charge < -0.3 is 41.9 Å². The molecule has 0 saturated heterocycles. The molecular formula is C20H30N4O7. The Morgan fingerprint density at radius 2 is 1.94 bits per heavy atom. The highest BCUT2D eigenvalue weighted by Crippen LogP contribution is 2.38. The molecule has 31 heavy (non-hydrogen) atoms. The number of guanidine groups is 1. The molecule has 7 atom stereocenters. The van der Waals surface area contributed by atoms with Crippen LogP contribution in [0.5, 0.6) is 0 Å². The number of carboxylic acids is 1. The van der Waals surface area contributed by atoms with Crippen LogP contribution in [0, 0.1) is 11.8 Å². The van der Waals surface area contributed by atoms with Crippen molar-refractivity contribution < 1.29 is 34.8 Å². The topological polar surface area (TPSA) is 201 Å². The number of carbonyl (C=O) groups excluding carboxylic acids is 1. The number of aliphatic carboxylic acids is 1.